The quantitative estimate of drug-likeness (QED) is 0.744. The monoisotopic (exact) mass is 281 g/mol. The van der Waals surface area contributed by atoms with E-state index in [1.165, 1.54) is 0 Å². The highest BCUT2D eigenvalue weighted by atomic mass is 16.5. The third kappa shape index (κ3) is 3.47. The maximum Gasteiger partial charge on any atom is 0.323 e. The van der Waals surface area contributed by atoms with E-state index in [1.54, 1.807) is 0 Å². The number of nitrogens with zero attached hydrogens (tertiary/aromatic N) is 3. The third-order valence-electron chi connectivity index (χ3n) is 3.82. The zero-order chi connectivity index (χ0) is 14.6. The van der Waals surface area contributed by atoms with Gasteiger partial charge < -0.3 is 20.9 Å². The van der Waals surface area contributed by atoms with E-state index in [0.717, 1.165) is 25.7 Å². The van der Waals surface area contributed by atoms with Crippen LogP contribution in [0.25, 0.3) is 0 Å². The average Bonchev–Trinajstić information content (AvgIpc) is 2.41. The molecule has 0 bridgehead atoms. The Balaban J connectivity index is 2.14. The molecule has 1 aliphatic rings. The van der Waals surface area contributed by atoms with Crippen molar-refractivity contribution in [3.05, 3.63) is 0 Å². The van der Waals surface area contributed by atoms with Gasteiger partial charge in [0.05, 0.1) is 18.8 Å². The summed E-state index contributed by atoms with van der Waals surface area (Å²) in [5.74, 6) is 1.17. The van der Waals surface area contributed by atoms with E-state index < -0.39 is 0 Å². The van der Waals surface area contributed by atoms with E-state index in [-0.39, 0.29) is 24.1 Å². The lowest BCUT2D eigenvalue weighted by Gasteiger charge is -2.38. The van der Waals surface area contributed by atoms with E-state index in [4.69, 9.17) is 10.5 Å². The fourth-order valence-electron chi connectivity index (χ4n) is 2.50. The minimum Gasteiger partial charge on any atom is -0.464 e. The van der Waals surface area contributed by atoms with Crippen LogP contribution in [0.4, 0.5) is 11.9 Å². The first-order valence-electron chi connectivity index (χ1n) is 7.10. The number of rotatable bonds is 5. The standard InChI is InChI=1S/C13H23N5O2/c1-3-20-12-16-10(14)15-11(17-12)18-13(8-19)6-4-9(2)5-7-13/h9,19H,3-8H2,1-2H3,(H3,14,15,16,17,18). The summed E-state index contributed by atoms with van der Waals surface area (Å²) < 4.78 is 5.26. The van der Waals surface area contributed by atoms with Crippen LogP contribution in [0.2, 0.25) is 0 Å². The number of aliphatic hydroxyl groups excluding tert-OH is 1. The van der Waals surface area contributed by atoms with Crippen LogP contribution < -0.4 is 15.8 Å². The van der Waals surface area contributed by atoms with Crippen molar-refractivity contribution in [3.8, 4) is 6.01 Å². The van der Waals surface area contributed by atoms with Gasteiger partial charge in [0.1, 0.15) is 0 Å². The Kier molecular flexibility index (Phi) is 4.59. The molecule has 0 atom stereocenters. The van der Waals surface area contributed by atoms with Crippen LogP contribution in [0.15, 0.2) is 0 Å². The lowest BCUT2D eigenvalue weighted by molar-refractivity contribution is 0.154. The Hall–Kier alpha value is -1.63. The highest BCUT2D eigenvalue weighted by Gasteiger charge is 2.34. The van der Waals surface area contributed by atoms with Gasteiger partial charge in [-0.25, -0.2) is 0 Å². The molecule has 1 heterocycles. The van der Waals surface area contributed by atoms with Gasteiger partial charge in [-0.15, -0.1) is 0 Å². The number of ether oxygens (including phenoxy) is 1. The first kappa shape index (κ1) is 14.8. The number of nitrogen functional groups attached to an aromatic ring is 1. The zero-order valence-electron chi connectivity index (χ0n) is 12.1. The van der Waals surface area contributed by atoms with E-state index >= 15 is 0 Å². The molecule has 1 saturated carbocycles. The van der Waals surface area contributed by atoms with Gasteiger partial charge in [-0.1, -0.05) is 6.92 Å². The van der Waals surface area contributed by atoms with Crippen LogP contribution in [0.3, 0.4) is 0 Å². The lowest BCUT2D eigenvalue weighted by Crippen LogP contribution is -2.45. The van der Waals surface area contributed by atoms with Gasteiger partial charge in [0.2, 0.25) is 11.9 Å². The molecule has 4 N–H and O–H groups in total. The summed E-state index contributed by atoms with van der Waals surface area (Å²) in [6, 6.07) is 0.208. The molecule has 0 radical (unpaired) electrons. The molecule has 20 heavy (non-hydrogen) atoms. The molecular weight excluding hydrogens is 258 g/mol. The summed E-state index contributed by atoms with van der Waals surface area (Å²) in [5.41, 5.74) is 5.29. The molecule has 0 saturated heterocycles. The Morgan fingerprint density at radius 1 is 1.35 bits per heavy atom. The minimum atomic E-state index is -0.371. The molecule has 1 fully saturated rings. The van der Waals surface area contributed by atoms with Gasteiger partial charge in [0.15, 0.2) is 0 Å². The number of aliphatic hydroxyl groups is 1. The van der Waals surface area contributed by atoms with Gasteiger partial charge in [-0.3, -0.25) is 0 Å². The maximum atomic E-state index is 9.73. The van der Waals surface area contributed by atoms with E-state index in [0.29, 0.717) is 18.5 Å². The first-order chi connectivity index (χ1) is 9.57. The number of anilines is 2. The van der Waals surface area contributed by atoms with Crippen LogP contribution in [0, 0.1) is 5.92 Å². The van der Waals surface area contributed by atoms with Crippen molar-refractivity contribution in [1.29, 1.82) is 0 Å². The van der Waals surface area contributed by atoms with Gasteiger partial charge >= 0.3 is 6.01 Å². The van der Waals surface area contributed by atoms with Gasteiger partial charge in [0.25, 0.3) is 0 Å². The second kappa shape index (κ2) is 6.21. The SMILES string of the molecule is CCOc1nc(N)nc(NC2(CO)CCC(C)CC2)n1. The lowest BCUT2D eigenvalue weighted by atomic mass is 9.77. The molecule has 0 spiro atoms. The van der Waals surface area contributed by atoms with Crippen molar-refractivity contribution in [2.45, 2.75) is 45.1 Å². The third-order valence-corrected chi connectivity index (χ3v) is 3.82. The van der Waals surface area contributed by atoms with Crippen molar-refractivity contribution >= 4 is 11.9 Å². The molecule has 1 aromatic rings. The van der Waals surface area contributed by atoms with Crippen molar-refractivity contribution in [2.75, 3.05) is 24.3 Å². The predicted octanol–water partition coefficient (Wildman–Crippen LogP) is 1.21. The molecule has 0 aromatic carbocycles. The van der Waals surface area contributed by atoms with Gasteiger partial charge in [-0.2, -0.15) is 15.0 Å². The Morgan fingerprint density at radius 2 is 2.05 bits per heavy atom. The highest BCUT2D eigenvalue weighted by molar-refractivity contribution is 5.36. The molecule has 0 aliphatic heterocycles. The molecular formula is C13H23N5O2. The second-order valence-corrected chi connectivity index (χ2v) is 5.48. The number of aromatic nitrogens is 3. The predicted molar refractivity (Wildman–Crippen MR) is 76.5 cm³/mol. The summed E-state index contributed by atoms with van der Waals surface area (Å²) in [4.78, 5) is 12.2. The molecule has 0 unspecified atom stereocenters. The number of nitrogens with two attached hydrogens (primary N) is 1. The van der Waals surface area contributed by atoms with Crippen LogP contribution in [0.1, 0.15) is 39.5 Å². The van der Waals surface area contributed by atoms with E-state index in [9.17, 15) is 5.11 Å². The Labute approximate surface area is 119 Å². The second-order valence-electron chi connectivity index (χ2n) is 5.48. The number of nitrogens with one attached hydrogen (secondary N) is 1. The molecule has 1 aromatic heterocycles. The molecule has 7 nitrogen and oxygen atoms in total. The highest BCUT2D eigenvalue weighted by Crippen LogP contribution is 2.33. The van der Waals surface area contributed by atoms with Gasteiger partial charge in [0, 0.05) is 0 Å². The van der Waals surface area contributed by atoms with Crippen molar-refractivity contribution in [3.63, 3.8) is 0 Å². The van der Waals surface area contributed by atoms with Crippen molar-refractivity contribution in [2.24, 2.45) is 5.92 Å². The zero-order valence-corrected chi connectivity index (χ0v) is 12.1. The maximum absolute atomic E-state index is 9.73. The molecule has 2 rings (SSSR count). The summed E-state index contributed by atoms with van der Waals surface area (Å²) in [5, 5.41) is 13.0. The smallest absolute Gasteiger partial charge is 0.323 e. The summed E-state index contributed by atoms with van der Waals surface area (Å²) in [7, 11) is 0. The Morgan fingerprint density at radius 3 is 2.65 bits per heavy atom. The van der Waals surface area contributed by atoms with E-state index in [1.807, 2.05) is 6.92 Å². The van der Waals surface area contributed by atoms with Crippen LogP contribution in [-0.2, 0) is 0 Å². The molecule has 7 heteroatoms. The van der Waals surface area contributed by atoms with Gasteiger partial charge in [-0.05, 0) is 38.5 Å². The summed E-state index contributed by atoms with van der Waals surface area (Å²) in [6.07, 6.45) is 3.93. The average molecular weight is 281 g/mol. The fourth-order valence-corrected chi connectivity index (χ4v) is 2.50. The molecule has 112 valence electrons. The van der Waals surface area contributed by atoms with Crippen molar-refractivity contribution < 1.29 is 9.84 Å². The summed E-state index contributed by atoms with van der Waals surface area (Å²) >= 11 is 0. The normalized spacial score (nSPS) is 26.2. The van der Waals surface area contributed by atoms with Crippen LogP contribution in [0.5, 0.6) is 6.01 Å². The largest absolute Gasteiger partial charge is 0.464 e. The first-order valence-corrected chi connectivity index (χ1v) is 7.10. The van der Waals surface area contributed by atoms with Crippen LogP contribution >= 0.6 is 0 Å². The van der Waals surface area contributed by atoms with Crippen LogP contribution in [-0.4, -0.2) is 38.8 Å². The summed E-state index contributed by atoms with van der Waals surface area (Å²) in [6.45, 7) is 4.60. The number of hydrogen-bond acceptors (Lipinski definition) is 7. The minimum absolute atomic E-state index is 0.0509. The molecule has 0 amide bonds. The van der Waals surface area contributed by atoms with Crippen molar-refractivity contribution in [1.82, 2.24) is 15.0 Å². The van der Waals surface area contributed by atoms with E-state index in [2.05, 4.69) is 27.2 Å². The fraction of sp³-hybridized carbons (Fsp3) is 0.769. The topological polar surface area (TPSA) is 106 Å². The Bertz CT molecular complexity index is 446. The molecule has 1 aliphatic carbocycles. The number of hydrogen-bond donors (Lipinski definition) is 3.